The van der Waals surface area contributed by atoms with E-state index in [1.54, 1.807) is 18.3 Å². The van der Waals surface area contributed by atoms with Gasteiger partial charge in [0.1, 0.15) is 11.9 Å². The van der Waals surface area contributed by atoms with Crippen LogP contribution < -0.4 is 5.73 Å². The van der Waals surface area contributed by atoms with Gasteiger partial charge < -0.3 is 15.4 Å². The fourth-order valence-corrected chi connectivity index (χ4v) is 1.63. The number of rotatable bonds is 3. The van der Waals surface area contributed by atoms with Gasteiger partial charge >= 0.3 is 5.97 Å². The minimum atomic E-state index is -1.03. The van der Waals surface area contributed by atoms with Crippen LogP contribution in [0.25, 0.3) is 11.4 Å². The summed E-state index contributed by atoms with van der Waals surface area (Å²) in [6, 6.07) is 6.08. The van der Waals surface area contributed by atoms with Crippen molar-refractivity contribution in [1.29, 1.82) is 0 Å². The van der Waals surface area contributed by atoms with Crippen LogP contribution in [-0.2, 0) is 11.8 Å². The molecule has 2 aromatic rings. The number of nitrogens with two attached hydrogens (primary N) is 1. The first-order valence-electron chi connectivity index (χ1n) is 5.15. The SMILES string of the molecule is Cn1ccnc1-c1ccc(C(N)C(=O)O)cc1. The van der Waals surface area contributed by atoms with Crippen molar-refractivity contribution in [3.8, 4) is 11.4 Å². The zero-order chi connectivity index (χ0) is 12.4. The van der Waals surface area contributed by atoms with E-state index in [9.17, 15) is 4.79 Å². The average molecular weight is 231 g/mol. The van der Waals surface area contributed by atoms with Crippen LogP contribution in [0.2, 0.25) is 0 Å². The van der Waals surface area contributed by atoms with Crippen molar-refractivity contribution in [3.05, 3.63) is 42.2 Å². The lowest BCUT2D eigenvalue weighted by Crippen LogP contribution is -2.20. The van der Waals surface area contributed by atoms with Gasteiger partial charge in [-0.25, -0.2) is 4.98 Å². The Hall–Kier alpha value is -2.14. The predicted octanol–water partition coefficient (Wildman–Crippen LogP) is 1.17. The van der Waals surface area contributed by atoms with Crippen molar-refractivity contribution < 1.29 is 9.90 Å². The quantitative estimate of drug-likeness (QED) is 0.830. The van der Waals surface area contributed by atoms with E-state index in [-0.39, 0.29) is 0 Å². The molecule has 0 amide bonds. The lowest BCUT2D eigenvalue weighted by atomic mass is 10.1. The smallest absolute Gasteiger partial charge is 0.325 e. The number of aromatic nitrogens is 2. The Morgan fingerprint density at radius 3 is 2.53 bits per heavy atom. The number of imidazole rings is 1. The van der Waals surface area contributed by atoms with Crippen LogP contribution in [0.4, 0.5) is 0 Å². The Labute approximate surface area is 98.5 Å². The van der Waals surface area contributed by atoms with Gasteiger partial charge in [-0.3, -0.25) is 4.79 Å². The van der Waals surface area contributed by atoms with Gasteiger partial charge in [-0.05, 0) is 5.56 Å². The predicted molar refractivity (Wildman–Crippen MR) is 63.2 cm³/mol. The molecule has 1 heterocycles. The minimum Gasteiger partial charge on any atom is -0.480 e. The standard InChI is InChI=1S/C12H13N3O2/c1-15-7-6-14-11(15)9-4-2-8(3-5-9)10(13)12(16)17/h2-7,10H,13H2,1H3,(H,16,17). The van der Waals surface area contributed by atoms with Crippen molar-refractivity contribution in [3.63, 3.8) is 0 Å². The van der Waals surface area contributed by atoms with E-state index >= 15 is 0 Å². The molecule has 0 fully saturated rings. The van der Waals surface area contributed by atoms with Crippen molar-refractivity contribution >= 4 is 5.97 Å². The Balaban J connectivity index is 2.31. The van der Waals surface area contributed by atoms with E-state index in [1.165, 1.54) is 0 Å². The topological polar surface area (TPSA) is 81.1 Å². The highest BCUT2D eigenvalue weighted by Crippen LogP contribution is 2.19. The molecule has 5 nitrogen and oxygen atoms in total. The Morgan fingerprint density at radius 2 is 2.06 bits per heavy atom. The van der Waals surface area contributed by atoms with Gasteiger partial charge in [0.05, 0.1) is 0 Å². The first-order valence-corrected chi connectivity index (χ1v) is 5.15. The van der Waals surface area contributed by atoms with Crippen molar-refractivity contribution in [2.24, 2.45) is 12.8 Å². The highest BCUT2D eigenvalue weighted by Gasteiger charge is 2.14. The van der Waals surface area contributed by atoms with Gasteiger partial charge in [0, 0.05) is 25.0 Å². The third-order valence-electron chi connectivity index (χ3n) is 2.62. The summed E-state index contributed by atoms with van der Waals surface area (Å²) in [4.78, 5) is 14.9. The van der Waals surface area contributed by atoms with Gasteiger partial charge in [-0.2, -0.15) is 0 Å². The molecule has 2 rings (SSSR count). The minimum absolute atomic E-state index is 0.579. The summed E-state index contributed by atoms with van der Waals surface area (Å²) in [5.74, 6) is -0.199. The van der Waals surface area contributed by atoms with E-state index < -0.39 is 12.0 Å². The highest BCUT2D eigenvalue weighted by atomic mass is 16.4. The monoisotopic (exact) mass is 231 g/mol. The van der Waals surface area contributed by atoms with Crippen LogP contribution >= 0.6 is 0 Å². The summed E-state index contributed by atoms with van der Waals surface area (Å²) in [6.07, 6.45) is 3.57. The molecule has 3 N–H and O–H groups in total. The maximum atomic E-state index is 10.7. The second kappa shape index (κ2) is 4.39. The molecule has 88 valence electrons. The van der Waals surface area contributed by atoms with E-state index in [4.69, 9.17) is 10.8 Å². The van der Waals surface area contributed by atoms with Crippen molar-refractivity contribution in [1.82, 2.24) is 9.55 Å². The molecule has 1 aromatic heterocycles. The molecule has 0 aliphatic heterocycles. The highest BCUT2D eigenvalue weighted by molar-refractivity contribution is 5.75. The third kappa shape index (κ3) is 2.19. The lowest BCUT2D eigenvalue weighted by Gasteiger charge is -2.07. The third-order valence-corrected chi connectivity index (χ3v) is 2.62. The number of aryl methyl sites for hydroxylation is 1. The second-order valence-corrected chi connectivity index (χ2v) is 3.80. The number of benzene rings is 1. The molecule has 1 aromatic carbocycles. The first kappa shape index (κ1) is 11.3. The molecule has 0 radical (unpaired) electrons. The molecule has 0 bridgehead atoms. The van der Waals surface area contributed by atoms with Crippen LogP contribution in [0.3, 0.4) is 0 Å². The number of carboxylic acid groups (broad SMARTS) is 1. The summed E-state index contributed by atoms with van der Waals surface area (Å²) in [5, 5.41) is 8.79. The number of carbonyl (C=O) groups is 1. The van der Waals surface area contributed by atoms with E-state index in [1.807, 2.05) is 29.9 Å². The average Bonchev–Trinajstić information content (AvgIpc) is 2.74. The summed E-state index contributed by atoms with van der Waals surface area (Å²) in [7, 11) is 1.90. The molecular weight excluding hydrogens is 218 g/mol. The van der Waals surface area contributed by atoms with Gasteiger partial charge in [-0.15, -0.1) is 0 Å². The van der Waals surface area contributed by atoms with Crippen LogP contribution in [0.1, 0.15) is 11.6 Å². The largest absolute Gasteiger partial charge is 0.480 e. The summed E-state index contributed by atoms with van der Waals surface area (Å²) >= 11 is 0. The number of nitrogens with zero attached hydrogens (tertiary/aromatic N) is 2. The van der Waals surface area contributed by atoms with E-state index in [2.05, 4.69) is 4.98 Å². The lowest BCUT2D eigenvalue weighted by molar-refractivity contribution is -0.138. The maximum absolute atomic E-state index is 10.7. The fraction of sp³-hybridized carbons (Fsp3) is 0.167. The summed E-state index contributed by atoms with van der Waals surface area (Å²) in [5.41, 5.74) is 7.02. The van der Waals surface area contributed by atoms with Crippen LogP contribution in [-0.4, -0.2) is 20.6 Å². The van der Waals surface area contributed by atoms with Crippen LogP contribution in [0.15, 0.2) is 36.7 Å². The molecule has 0 saturated carbocycles. The Bertz CT molecular complexity index is 531. The molecule has 17 heavy (non-hydrogen) atoms. The normalized spacial score (nSPS) is 12.4. The molecular formula is C12H13N3O2. The number of hydrogen-bond acceptors (Lipinski definition) is 3. The molecule has 0 spiro atoms. The maximum Gasteiger partial charge on any atom is 0.325 e. The van der Waals surface area contributed by atoms with Crippen LogP contribution in [0.5, 0.6) is 0 Å². The molecule has 0 aliphatic carbocycles. The first-order chi connectivity index (χ1) is 8.09. The molecule has 0 aliphatic rings. The number of carboxylic acids is 1. The van der Waals surface area contributed by atoms with Crippen molar-refractivity contribution in [2.45, 2.75) is 6.04 Å². The van der Waals surface area contributed by atoms with E-state index in [0.717, 1.165) is 11.4 Å². The Kier molecular flexibility index (Phi) is 2.93. The van der Waals surface area contributed by atoms with Gasteiger partial charge in [-0.1, -0.05) is 24.3 Å². The molecule has 0 saturated heterocycles. The number of hydrogen-bond donors (Lipinski definition) is 2. The summed E-state index contributed by atoms with van der Waals surface area (Å²) < 4.78 is 1.89. The second-order valence-electron chi connectivity index (χ2n) is 3.80. The zero-order valence-electron chi connectivity index (χ0n) is 9.37. The van der Waals surface area contributed by atoms with Gasteiger partial charge in [0.15, 0.2) is 0 Å². The van der Waals surface area contributed by atoms with E-state index in [0.29, 0.717) is 5.56 Å². The zero-order valence-corrected chi connectivity index (χ0v) is 9.37. The Morgan fingerprint density at radius 1 is 1.41 bits per heavy atom. The molecule has 1 atom stereocenters. The van der Waals surface area contributed by atoms with Gasteiger partial charge in [0.2, 0.25) is 0 Å². The van der Waals surface area contributed by atoms with Crippen molar-refractivity contribution in [2.75, 3.05) is 0 Å². The van der Waals surface area contributed by atoms with Gasteiger partial charge in [0.25, 0.3) is 0 Å². The summed E-state index contributed by atoms with van der Waals surface area (Å²) in [6.45, 7) is 0. The molecule has 5 heteroatoms. The fourth-order valence-electron chi connectivity index (χ4n) is 1.63. The van der Waals surface area contributed by atoms with Crippen LogP contribution in [0, 0.1) is 0 Å². The number of aliphatic carboxylic acids is 1. The molecule has 1 unspecified atom stereocenters.